The summed E-state index contributed by atoms with van der Waals surface area (Å²) in [5, 5.41) is 1.23. The smallest absolute Gasteiger partial charge is 0.140 e. The third-order valence-corrected chi connectivity index (χ3v) is 3.61. The highest BCUT2D eigenvalue weighted by Gasteiger charge is 2.11. The lowest BCUT2D eigenvalue weighted by Gasteiger charge is -2.06. The van der Waals surface area contributed by atoms with Gasteiger partial charge in [-0.2, -0.15) is 0 Å². The Bertz CT molecular complexity index is 536. The molecule has 4 nitrogen and oxygen atoms in total. The van der Waals surface area contributed by atoms with Gasteiger partial charge in [0.25, 0.3) is 0 Å². The van der Waals surface area contributed by atoms with E-state index in [9.17, 15) is 0 Å². The van der Waals surface area contributed by atoms with Gasteiger partial charge in [0.1, 0.15) is 5.65 Å². The molecule has 0 aliphatic rings. The second kappa shape index (κ2) is 7.41. The fraction of sp³-hybridized carbons (Fsp3) is 0.562. The average Bonchev–Trinajstić information content (AvgIpc) is 2.82. The molecule has 1 atom stereocenters. The molecule has 0 bridgehead atoms. The van der Waals surface area contributed by atoms with Gasteiger partial charge >= 0.3 is 0 Å². The standard InChI is InChI=1S/C16H25N3O/c1-3-14(17)11-13-12-19(9-6-10-20-4-2)16-15(13)7-5-8-18-16/h5,7-8,12,14H,3-4,6,9-11,17H2,1-2H3. The van der Waals surface area contributed by atoms with Crippen LogP contribution in [0.25, 0.3) is 11.0 Å². The second-order valence-electron chi connectivity index (χ2n) is 5.15. The Morgan fingerprint density at radius 2 is 2.25 bits per heavy atom. The lowest BCUT2D eigenvalue weighted by Crippen LogP contribution is -2.21. The van der Waals surface area contributed by atoms with Crippen LogP contribution >= 0.6 is 0 Å². The molecule has 0 spiro atoms. The monoisotopic (exact) mass is 275 g/mol. The molecular formula is C16H25N3O. The maximum Gasteiger partial charge on any atom is 0.140 e. The predicted molar refractivity (Wildman–Crippen MR) is 82.8 cm³/mol. The molecule has 0 fully saturated rings. The van der Waals surface area contributed by atoms with Crippen molar-refractivity contribution in [3.05, 3.63) is 30.1 Å². The van der Waals surface area contributed by atoms with Gasteiger partial charge in [-0.3, -0.25) is 0 Å². The van der Waals surface area contributed by atoms with E-state index in [0.717, 1.165) is 44.7 Å². The van der Waals surface area contributed by atoms with Crippen LogP contribution in [-0.4, -0.2) is 28.8 Å². The SMILES string of the molecule is CCOCCCn1cc(CC(N)CC)c2cccnc21. The van der Waals surface area contributed by atoms with Crippen molar-refractivity contribution in [3.8, 4) is 0 Å². The molecule has 2 aromatic rings. The molecule has 2 N–H and O–H groups in total. The Hall–Kier alpha value is -1.39. The van der Waals surface area contributed by atoms with E-state index >= 15 is 0 Å². The zero-order chi connectivity index (χ0) is 14.4. The number of rotatable bonds is 8. The van der Waals surface area contributed by atoms with Crippen molar-refractivity contribution in [1.82, 2.24) is 9.55 Å². The highest BCUT2D eigenvalue weighted by atomic mass is 16.5. The summed E-state index contributed by atoms with van der Waals surface area (Å²) < 4.78 is 7.63. The maximum absolute atomic E-state index is 6.10. The van der Waals surface area contributed by atoms with E-state index in [4.69, 9.17) is 10.5 Å². The summed E-state index contributed by atoms with van der Waals surface area (Å²) >= 11 is 0. The highest BCUT2D eigenvalue weighted by Crippen LogP contribution is 2.21. The summed E-state index contributed by atoms with van der Waals surface area (Å²) in [4.78, 5) is 4.52. The van der Waals surface area contributed by atoms with Crippen molar-refractivity contribution in [2.24, 2.45) is 5.73 Å². The molecule has 20 heavy (non-hydrogen) atoms. The van der Waals surface area contributed by atoms with E-state index in [-0.39, 0.29) is 6.04 Å². The van der Waals surface area contributed by atoms with Crippen LogP contribution in [0.15, 0.2) is 24.5 Å². The van der Waals surface area contributed by atoms with Gasteiger partial charge in [-0.25, -0.2) is 4.98 Å². The van der Waals surface area contributed by atoms with Gasteiger partial charge in [-0.15, -0.1) is 0 Å². The minimum absolute atomic E-state index is 0.220. The van der Waals surface area contributed by atoms with Gasteiger partial charge in [0.05, 0.1) is 0 Å². The van der Waals surface area contributed by atoms with Crippen molar-refractivity contribution in [2.75, 3.05) is 13.2 Å². The van der Waals surface area contributed by atoms with Crippen LogP contribution in [0.4, 0.5) is 0 Å². The molecule has 1 unspecified atom stereocenters. The second-order valence-corrected chi connectivity index (χ2v) is 5.15. The highest BCUT2D eigenvalue weighted by molar-refractivity contribution is 5.80. The number of fused-ring (bicyclic) bond motifs is 1. The topological polar surface area (TPSA) is 53.1 Å². The Labute approximate surface area is 120 Å². The summed E-state index contributed by atoms with van der Waals surface area (Å²) in [7, 11) is 0. The fourth-order valence-corrected chi connectivity index (χ4v) is 2.44. The molecule has 0 aromatic carbocycles. The van der Waals surface area contributed by atoms with Gasteiger partial charge in [0.2, 0.25) is 0 Å². The number of nitrogens with two attached hydrogens (primary N) is 1. The quantitative estimate of drug-likeness (QED) is 0.754. The number of ether oxygens (including phenoxy) is 1. The minimum Gasteiger partial charge on any atom is -0.382 e. The number of pyridine rings is 1. The number of aryl methyl sites for hydroxylation is 1. The minimum atomic E-state index is 0.220. The summed E-state index contributed by atoms with van der Waals surface area (Å²) in [6, 6.07) is 4.35. The van der Waals surface area contributed by atoms with E-state index in [0.29, 0.717) is 0 Å². The van der Waals surface area contributed by atoms with Crippen LogP contribution in [0.5, 0.6) is 0 Å². The molecule has 0 amide bonds. The van der Waals surface area contributed by atoms with Crippen molar-refractivity contribution >= 4 is 11.0 Å². The Morgan fingerprint density at radius 1 is 1.40 bits per heavy atom. The van der Waals surface area contributed by atoms with Crippen LogP contribution in [0.1, 0.15) is 32.3 Å². The maximum atomic E-state index is 6.10. The molecule has 110 valence electrons. The predicted octanol–water partition coefficient (Wildman–Crippen LogP) is 2.74. The molecule has 0 saturated heterocycles. The first-order valence-corrected chi connectivity index (χ1v) is 7.52. The van der Waals surface area contributed by atoms with E-state index < -0.39 is 0 Å². The van der Waals surface area contributed by atoms with Crippen LogP contribution < -0.4 is 5.73 Å². The van der Waals surface area contributed by atoms with Crippen LogP contribution in [0.2, 0.25) is 0 Å². The molecule has 2 rings (SSSR count). The van der Waals surface area contributed by atoms with Gasteiger partial charge in [-0.05, 0) is 43.9 Å². The summed E-state index contributed by atoms with van der Waals surface area (Å²) in [6.45, 7) is 6.67. The Kier molecular flexibility index (Phi) is 5.56. The summed E-state index contributed by atoms with van der Waals surface area (Å²) in [6.07, 6.45) is 6.98. The molecule has 0 radical (unpaired) electrons. The average molecular weight is 275 g/mol. The number of aromatic nitrogens is 2. The van der Waals surface area contributed by atoms with Crippen molar-refractivity contribution < 1.29 is 4.74 Å². The van der Waals surface area contributed by atoms with Crippen LogP contribution in [0.3, 0.4) is 0 Å². The zero-order valence-corrected chi connectivity index (χ0v) is 12.5. The Morgan fingerprint density at radius 3 is 3.00 bits per heavy atom. The third-order valence-electron chi connectivity index (χ3n) is 3.61. The van der Waals surface area contributed by atoms with E-state index in [1.54, 1.807) is 0 Å². The van der Waals surface area contributed by atoms with E-state index in [1.165, 1.54) is 10.9 Å². The zero-order valence-electron chi connectivity index (χ0n) is 12.5. The van der Waals surface area contributed by atoms with Crippen molar-refractivity contribution in [2.45, 2.75) is 45.7 Å². The fourth-order valence-electron chi connectivity index (χ4n) is 2.44. The van der Waals surface area contributed by atoms with E-state index in [1.807, 2.05) is 19.2 Å². The van der Waals surface area contributed by atoms with Gasteiger partial charge in [-0.1, -0.05) is 6.92 Å². The molecule has 4 heteroatoms. The van der Waals surface area contributed by atoms with Crippen molar-refractivity contribution in [3.63, 3.8) is 0 Å². The third kappa shape index (κ3) is 3.58. The molecule has 0 saturated carbocycles. The van der Waals surface area contributed by atoms with Crippen LogP contribution in [0, 0.1) is 0 Å². The van der Waals surface area contributed by atoms with Crippen molar-refractivity contribution in [1.29, 1.82) is 0 Å². The molecule has 2 heterocycles. The van der Waals surface area contributed by atoms with Gasteiger partial charge in [0, 0.05) is 43.6 Å². The first-order chi connectivity index (χ1) is 9.76. The molecular weight excluding hydrogens is 250 g/mol. The largest absolute Gasteiger partial charge is 0.382 e. The first-order valence-electron chi connectivity index (χ1n) is 7.52. The summed E-state index contributed by atoms with van der Waals surface area (Å²) in [5.74, 6) is 0. The lowest BCUT2D eigenvalue weighted by atomic mass is 10.1. The Balaban J connectivity index is 2.17. The summed E-state index contributed by atoms with van der Waals surface area (Å²) in [5.41, 5.74) is 8.46. The number of hydrogen-bond donors (Lipinski definition) is 1. The normalized spacial score (nSPS) is 12.9. The molecule has 0 aliphatic carbocycles. The first kappa shape index (κ1) is 15.0. The molecule has 2 aromatic heterocycles. The van der Waals surface area contributed by atoms with Gasteiger partial charge < -0.3 is 15.0 Å². The number of nitrogens with zero attached hydrogens (tertiary/aromatic N) is 2. The molecule has 0 aliphatic heterocycles. The van der Waals surface area contributed by atoms with Crippen LogP contribution in [-0.2, 0) is 17.7 Å². The van der Waals surface area contributed by atoms with Gasteiger partial charge in [0.15, 0.2) is 0 Å². The number of hydrogen-bond acceptors (Lipinski definition) is 3. The lowest BCUT2D eigenvalue weighted by molar-refractivity contribution is 0.142. The van der Waals surface area contributed by atoms with E-state index in [2.05, 4.69) is 28.7 Å².